The van der Waals surface area contributed by atoms with E-state index in [2.05, 4.69) is 65.1 Å². The van der Waals surface area contributed by atoms with Gasteiger partial charge in [-0.1, -0.05) is 42.1 Å². The normalized spacial score (nSPS) is 13.7. The zero-order chi connectivity index (χ0) is 23.3. The Balaban J connectivity index is 1.41. The molecule has 0 unspecified atom stereocenters. The third-order valence-electron chi connectivity index (χ3n) is 5.23. The number of anilines is 4. The molecule has 174 valence electrons. The van der Waals surface area contributed by atoms with Crippen LogP contribution in [0.5, 0.6) is 0 Å². The summed E-state index contributed by atoms with van der Waals surface area (Å²) in [6.07, 6.45) is 0. The Morgan fingerprint density at radius 1 is 1.00 bits per heavy atom. The minimum absolute atomic E-state index is 0.165. The number of hydrogen-bond donors (Lipinski definition) is 2. The van der Waals surface area contributed by atoms with Crippen LogP contribution in [0.1, 0.15) is 11.4 Å². The molecule has 0 radical (unpaired) electrons. The fourth-order valence-corrected chi connectivity index (χ4v) is 4.46. The quantitative estimate of drug-likeness (QED) is 0.386. The van der Waals surface area contributed by atoms with Gasteiger partial charge in [0.05, 0.1) is 24.7 Å². The number of morpholine rings is 1. The van der Waals surface area contributed by atoms with E-state index < -0.39 is 0 Å². The summed E-state index contributed by atoms with van der Waals surface area (Å²) >= 11 is 1.50. The first-order valence-corrected chi connectivity index (χ1v) is 11.9. The molecule has 10 nitrogen and oxygen atoms in total. The number of nitrogens with two attached hydrogens (primary N) is 1. The predicted octanol–water partition coefficient (Wildman–Crippen LogP) is 3.22. The van der Waals surface area contributed by atoms with Gasteiger partial charge in [-0.15, -0.1) is 10.2 Å². The highest BCUT2D eigenvalue weighted by molar-refractivity contribution is 7.98. The van der Waals surface area contributed by atoms with E-state index in [1.807, 2.05) is 36.4 Å². The van der Waals surface area contributed by atoms with Gasteiger partial charge in [0.15, 0.2) is 5.16 Å². The van der Waals surface area contributed by atoms with Crippen molar-refractivity contribution in [2.75, 3.05) is 42.3 Å². The highest BCUT2D eigenvalue weighted by Crippen LogP contribution is 2.29. The van der Waals surface area contributed by atoms with Gasteiger partial charge in [0.2, 0.25) is 17.8 Å². The van der Waals surface area contributed by atoms with E-state index in [0.29, 0.717) is 30.7 Å². The second kappa shape index (κ2) is 10.1. The van der Waals surface area contributed by atoms with Crippen molar-refractivity contribution in [2.24, 2.45) is 0 Å². The van der Waals surface area contributed by atoms with Gasteiger partial charge in [0.1, 0.15) is 5.82 Å². The molecule has 4 aromatic rings. The van der Waals surface area contributed by atoms with Crippen LogP contribution >= 0.6 is 11.8 Å². The van der Waals surface area contributed by atoms with Crippen LogP contribution in [-0.2, 0) is 10.5 Å². The molecule has 0 atom stereocenters. The van der Waals surface area contributed by atoms with Crippen molar-refractivity contribution in [2.45, 2.75) is 17.8 Å². The topological polar surface area (TPSA) is 120 Å². The van der Waals surface area contributed by atoms with Crippen LogP contribution in [0.4, 0.5) is 23.5 Å². The van der Waals surface area contributed by atoms with Crippen LogP contribution in [0.3, 0.4) is 0 Å². The lowest BCUT2D eigenvalue weighted by Crippen LogP contribution is -2.37. The number of benzene rings is 2. The minimum Gasteiger partial charge on any atom is -0.378 e. The molecule has 1 saturated heterocycles. The summed E-state index contributed by atoms with van der Waals surface area (Å²) in [5, 5.41) is 12.9. The van der Waals surface area contributed by atoms with Crippen LogP contribution in [-0.4, -0.2) is 56.0 Å². The number of hydrogen-bond acceptors (Lipinski definition) is 10. The Morgan fingerprint density at radius 3 is 2.62 bits per heavy atom. The molecule has 2 aromatic carbocycles. The molecule has 0 saturated carbocycles. The van der Waals surface area contributed by atoms with E-state index in [1.165, 1.54) is 11.8 Å². The molecular formula is C23H25N9OS. The van der Waals surface area contributed by atoms with Gasteiger partial charge < -0.3 is 20.7 Å². The number of aryl methyl sites for hydroxylation is 1. The minimum atomic E-state index is 0.165. The summed E-state index contributed by atoms with van der Waals surface area (Å²) in [5.41, 5.74) is 9.01. The van der Waals surface area contributed by atoms with E-state index >= 15 is 0 Å². The fourth-order valence-electron chi connectivity index (χ4n) is 3.65. The maximum atomic E-state index is 5.96. The first-order valence-electron chi connectivity index (χ1n) is 11.0. The number of aromatic nitrogens is 6. The van der Waals surface area contributed by atoms with Crippen LogP contribution in [0.2, 0.25) is 0 Å². The Labute approximate surface area is 201 Å². The molecule has 11 heteroatoms. The SMILES string of the molecule is Cc1cccc(-n2c(SCc3nc(N)nc(Nc4ccccc4)n3)nnc2N2CCOCC2)c1. The molecule has 1 aliphatic rings. The summed E-state index contributed by atoms with van der Waals surface area (Å²) in [4.78, 5) is 15.3. The predicted molar refractivity (Wildman–Crippen MR) is 133 cm³/mol. The van der Waals surface area contributed by atoms with Crippen molar-refractivity contribution >= 4 is 35.3 Å². The summed E-state index contributed by atoms with van der Waals surface area (Å²) < 4.78 is 7.60. The van der Waals surface area contributed by atoms with E-state index in [1.54, 1.807) is 0 Å². The van der Waals surface area contributed by atoms with Crippen molar-refractivity contribution in [3.63, 3.8) is 0 Å². The van der Waals surface area contributed by atoms with Crippen LogP contribution in [0.15, 0.2) is 59.8 Å². The summed E-state index contributed by atoms with van der Waals surface area (Å²) in [6, 6.07) is 18.0. The van der Waals surface area contributed by atoms with Crippen molar-refractivity contribution < 1.29 is 4.74 Å². The van der Waals surface area contributed by atoms with Crippen molar-refractivity contribution in [3.8, 4) is 5.69 Å². The molecule has 5 rings (SSSR count). The van der Waals surface area contributed by atoms with Crippen LogP contribution in [0.25, 0.3) is 5.69 Å². The number of nitrogens with one attached hydrogen (secondary N) is 1. The van der Waals surface area contributed by atoms with Crippen LogP contribution < -0.4 is 16.0 Å². The molecule has 0 aliphatic carbocycles. The average molecular weight is 476 g/mol. The highest BCUT2D eigenvalue weighted by atomic mass is 32.2. The lowest BCUT2D eigenvalue weighted by Gasteiger charge is -2.28. The molecular weight excluding hydrogens is 450 g/mol. The molecule has 0 bridgehead atoms. The molecule has 2 aromatic heterocycles. The van der Waals surface area contributed by atoms with E-state index in [9.17, 15) is 0 Å². The zero-order valence-corrected chi connectivity index (χ0v) is 19.6. The monoisotopic (exact) mass is 475 g/mol. The molecule has 1 fully saturated rings. The molecule has 3 heterocycles. The lowest BCUT2D eigenvalue weighted by molar-refractivity contribution is 0.122. The number of thioether (sulfide) groups is 1. The first-order chi connectivity index (χ1) is 16.7. The summed E-state index contributed by atoms with van der Waals surface area (Å²) in [6.45, 7) is 4.96. The Bertz CT molecular complexity index is 1260. The Morgan fingerprint density at radius 2 is 1.82 bits per heavy atom. The standard InChI is InChI=1S/C23H25N9OS/c1-16-6-5-9-18(14-16)32-22(31-10-12-33-13-11-31)29-30-23(32)34-15-19-26-20(24)28-21(27-19)25-17-7-3-2-4-8-17/h2-9,14H,10-13,15H2,1H3,(H3,24,25,26,27,28). The molecule has 0 spiro atoms. The summed E-state index contributed by atoms with van der Waals surface area (Å²) in [7, 11) is 0. The molecule has 0 amide bonds. The fraction of sp³-hybridized carbons (Fsp3) is 0.261. The first kappa shape index (κ1) is 22.1. The number of nitrogens with zero attached hydrogens (tertiary/aromatic N) is 7. The van der Waals surface area contributed by atoms with E-state index in [0.717, 1.165) is 41.1 Å². The molecule has 34 heavy (non-hydrogen) atoms. The maximum absolute atomic E-state index is 5.96. The molecule has 3 N–H and O–H groups in total. The Kier molecular flexibility index (Phi) is 6.54. The van der Waals surface area contributed by atoms with Crippen LogP contribution in [0, 0.1) is 6.92 Å². The maximum Gasteiger partial charge on any atom is 0.232 e. The third-order valence-corrected chi connectivity index (χ3v) is 6.15. The second-order valence-electron chi connectivity index (χ2n) is 7.77. The van der Waals surface area contributed by atoms with Gasteiger partial charge in [0, 0.05) is 18.8 Å². The average Bonchev–Trinajstić information content (AvgIpc) is 3.28. The second-order valence-corrected chi connectivity index (χ2v) is 8.71. The van der Waals surface area contributed by atoms with Gasteiger partial charge in [0.25, 0.3) is 0 Å². The van der Waals surface area contributed by atoms with Gasteiger partial charge in [-0.25, -0.2) is 0 Å². The van der Waals surface area contributed by atoms with Crippen molar-refractivity contribution in [1.29, 1.82) is 0 Å². The van der Waals surface area contributed by atoms with E-state index in [-0.39, 0.29) is 5.95 Å². The van der Waals surface area contributed by atoms with Gasteiger partial charge in [-0.2, -0.15) is 15.0 Å². The number of rotatable bonds is 7. The van der Waals surface area contributed by atoms with E-state index in [4.69, 9.17) is 10.5 Å². The number of nitrogen functional groups attached to an aromatic ring is 1. The zero-order valence-electron chi connectivity index (χ0n) is 18.8. The summed E-state index contributed by atoms with van der Waals surface area (Å²) in [5.74, 6) is 2.39. The molecule has 1 aliphatic heterocycles. The smallest absolute Gasteiger partial charge is 0.232 e. The van der Waals surface area contributed by atoms with Gasteiger partial charge >= 0.3 is 0 Å². The number of para-hydroxylation sites is 1. The van der Waals surface area contributed by atoms with Crippen molar-refractivity contribution in [3.05, 3.63) is 66.0 Å². The largest absolute Gasteiger partial charge is 0.378 e. The highest BCUT2D eigenvalue weighted by Gasteiger charge is 2.22. The van der Waals surface area contributed by atoms with Gasteiger partial charge in [-0.05, 0) is 36.8 Å². The Hall–Kier alpha value is -3.70. The third kappa shape index (κ3) is 5.10. The van der Waals surface area contributed by atoms with Crippen molar-refractivity contribution in [1.82, 2.24) is 29.7 Å². The van der Waals surface area contributed by atoms with Gasteiger partial charge in [-0.3, -0.25) is 4.57 Å². The lowest BCUT2D eigenvalue weighted by atomic mass is 10.2. The number of ether oxygens (including phenoxy) is 1.